The van der Waals surface area contributed by atoms with Crippen molar-refractivity contribution in [2.45, 2.75) is 6.54 Å². The Kier molecular flexibility index (Phi) is 4.71. The number of nitriles is 1. The second kappa shape index (κ2) is 6.29. The van der Waals surface area contributed by atoms with Gasteiger partial charge in [0.2, 0.25) is 0 Å². The highest BCUT2D eigenvalue weighted by Crippen LogP contribution is 2.24. The maximum atomic E-state index is 9.04. The Hall–Kier alpha value is -1.21. The van der Waals surface area contributed by atoms with Crippen molar-refractivity contribution < 1.29 is 0 Å². The van der Waals surface area contributed by atoms with Gasteiger partial charge in [0, 0.05) is 21.1 Å². The molecule has 2 aromatic rings. The van der Waals surface area contributed by atoms with Crippen molar-refractivity contribution in [3.05, 3.63) is 62.0 Å². The standard InChI is InChI=1S/C14H9BrCl2N2/c15-13-5-11(16)4-2-10(13)8-19-14-6-12(17)3-1-9(14)7-18/h1-6,19H,8H2. The van der Waals surface area contributed by atoms with Gasteiger partial charge < -0.3 is 5.32 Å². The van der Waals surface area contributed by atoms with Crippen LogP contribution in [0.15, 0.2) is 40.9 Å². The quantitative estimate of drug-likeness (QED) is 0.817. The van der Waals surface area contributed by atoms with E-state index >= 15 is 0 Å². The first-order chi connectivity index (χ1) is 9.10. The van der Waals surface area contributed by atoms with Gasteiger partial charge in [0.05, 0.1) is 11.3 Å². The van der Waals surface area contributed by atoms with Gasteiger partial charge in [0.1, 0.15) is 6.07 Å². The van der Waals surface area contributed by atoms with Crippen LogP contribution in [0.4, 0.5) is 5.69 Å². The number of benzene rings is 2. The highest BCUT2D eigenvalue weighted by molar-refractivity contribution is 9.10. The molecule has 0 spiro atoms. The SMILES string of the molecule is N#Cc1ccc(Cl)cc1NCc1ccc(Cl)cc1Br. The number of halogens is 3. The van der Waals surface area contributed by atoms with E-state index in [1.165, 1.54) is 0 Å². The first-order valence-electron chi connectivity index (χ1n) is 5.47. The predicted molar refractivity (Wildman–Crippen MR) is 82.6 cm³/mol. The van der Waals surface area contributed by atoms with Crippen LogP contribution in [0.1, 0.15) is 11.1 Å². The number of anilines is 1. The molecule has 5 heteroatoms. The minimum Gasteiger partial charge on any atom is -0.380 e. The highest BCUT2D eigenvalue weighted by Gasteiger charge is 2.05. The topological polar surface area (TPSA) is 35.8 Å². The van der Waals surface area contributed by atoms with Gasteiger partial charge >= 0.3 is 0 Å². The average molecular weight is 356 g/mol. The molecule has 19 heavy (non-hydrogen) atoms. The van der Waals surface area contributed by atoms with Gasteiger partial charge in [0.15, 0.2) is 0 Å². The van der Waals surface area contributed by atoms with Gasteiger partial charge in [-0.15, -0.1) is 0 Å². The van der Waals surface area contributed by atoms with Crippen LogP contribution < -0.4 is 5.32 Å². The van der Waals surface area contributed by atoms with E-state index in [0.717, 1.165) is 15.7 Å². The molecule has 0 unspecified atom stereocenters. The summed E-state index contributed by atoms with van der Waals surface area (Å²) in [7, 11) is 0. The molecular weight excluding hydrogens is 347 g/mol. The lowest BCUT2D eigenvalue weighted by molar-refractivity contribution is 1.13. The first-order valence-corrected chi connectivity index (χ1v) is 7.02. The molecule has 2 nitrogen and oxygen atoms in total. The number of rotatable bonds is 3. The molecule has 1 N–H and O–H groups in total. The molecule has 0 aromatic heterocycles. The molecule has 0 aliphatic heterocycles. The number of nitrogens with zero attached hydrogens (tertiary/aromatic N) is 1. The minimum absolute atomic E-state index is 0.564. The maximum absolute atomic E-state index is 9.04. The summed E-state index contributed by atoms with van der Waals surface area (Å²) in [6.07, 6.45) is 0. The van der Waals surface area contributed by atoms with Crippen molar-refractivity contribution in [1.82, 2.24) is 0 Å². The number of hydrogen-bond acceptors (Lipinski definition) is 2. The molecule has 0 fully saturated rings. The van der Waals surface area contributed by atoms with Crippen LogP contribution in [0.25, 0.3) is 0 Å². The third kappa shape index (κ3) is 3.63. The molecule has 2 rings (SSSR count). The van der Waals surface area contributed by atoms with Gasteiger partial charge in [0.25, 0.3) is 0 Å². The molecule has 96 valence electrons. The molecule has 0 atom stereocenters. The van der Waals surface area contributed by atoms with Gasteiger partial charge in [-0.25, -0.2) is 0 Å². The van der Waals surface area contributed by atoms with Crippen molar-refractivity contribution in [3.63, 3.8) is 0 Å². The predicted octanol–water partition coefficient (Wildman–Crippen LogP) is 5.24. The van der Waals surface area contributed by atoms with Crippen LogP contribution >= 0.6 is 39.1 Å². The Balaban J connectivity index is 2.19. The smallest absolute Gasteiger partial charge is 0.101 e. The largest absolute Gasteiger partial charge is 0.380 e. The van der Waals surface area contributed by atoms with Crippen molar-refractivity contribution in [2.24, 2.45) is 0 Å². The summed E-state index contributed by atoms with van der Waals surface area (Å²) in [5, 5.41) is 13.5. The van der Waals surface area contributed by atoms with E-state index in [0.29, 0.717) is 22.2 Å². The van der Waals surface area contributed by atoms with Gasteiger partial charge in [-0.3, -0.25) is 0 Å². The fourth-order valence-electron chi connectivity index (χ4n) is 1.62. The number of nitrogens with one attached hydrogen (secondary N) is 1. The lowest BCUT2D eigenvalue weighted by atomic mass is 10.1. The molecule has 0 heterocycles. The fourth-order valence-corrected chi connectivity index (χ4v) is 2.61. The van der Waals surface area contributed by atoms with E-state index in [1.54, 1.807) is 18.2 Å². The van der Waals surface area contributed by atoms with Crippen molar-refractivity contribution in [2.75, 3.05) is 5.32 Å². The summed E-state index contributed by atoms with van der Waals surface area (Å²) in [6, 6.07) is 12.9. The third-order valence-corrected chi connectivity index (χ3v) is 3.79. The van der Waals surface area contributed by atoms with Gasteiger partial charge in [-0.1, -0.05) is 45.2 Å². The monoisotopic (exact) mass is 354 g/mol. The minimum atomic E-state index is 0.564. The summed E-state index contributed by atoms with van der Waals surface area (Å²) < 4.78 is 0.924. The van der Waals surface area contributed by atoms with E-state index in [2.05, 4.69) is 27.3 Å². The molecule has 0 amide bonds. The van der Waals surface area contributed by atoms with Crippen molar-refractivity contribution in [1.29, 1.82) is 5.26 Å². The second-order valence-corrected chi connectivity index (χ2v) is 5.62. The van der Waals surface area contributed by atoms with E-state index in [1.807, 2.05) is 18.2 Å². The zero-order valence-electron chi connectivity index (χ0n) is 9.75. The molecule has 0 saturated carbocycles. The highest BCUT2D eigenvalue weighted by atomic mass is 79.9. The van der Waals surface area contributed by atoms with Crippen molar-refractivity contribution >= 4 is 44.8 Å². The molecule has 0 radical (unpaired) electrons. The summed E-state index contributed by atoms with van der Waals surface area (Å²) >= 11 is 15.3. The Morgan fingerprint density at radius 2 is 1.79 bits per heavy atom. The molecule has 0 saturated heterocycles. The molecule has 2 aromatic carbocycles. The average Bonchev–Trinajstić information content (AvgIpc) is 2.38. The molecule has 0 aliphatic rings. The van der Waals surface area contributed by atoms with Crippen LogP contribution in [-0.2, 0) is 6.54 Å². The zero-order chi connectivity index (χ0) is 13.8. The Morgan fingerprint density at radius 3 is 2.47 bits per heavy atom. The van der Waals surface area contributed by atoms with Gasteiger partial charge in [-0.2, -0.15) is 5.26 Å². The summed E-state index contributed by atoms with van der Waals surface area (Å²) in [5.74, 6) is 0. The van der Waals surface area contributed by atoms with E-state index in [-0.39, 0.29) is 0 Å². The van der Waals surface area contributed by atoms with E-state index in [4.69, 9.17) is 28.5 Å². The molecule has 0 bridgehead atoms. The van der Waals surface area contributed by atoms with Crippen LogP contribution in [0.5, 0.6) is 0 Å². The third-order valence-electron chi connectivity index (χ3n) is 2.59. The summed E-state index contributed by atoms with van der Waals surface area (Å²) in [6.45, 7) is 0.576. The number of hydrogen-bond donors (Lipinski definition) is 1. The van der Waals surface area contributed by atoms with Crippen LogP contribution in [-0.4, -0.2) is 0 Å². The van der Waals surface area contributed by atoms with Crippen LogP contribution in [0.2, 0.25) is 10.0 Å². The molecule has 0 aliphatic carbocycles. The lowest BCUT2D eigenvalue weighted by Crippen LogP contribution is -2.02. The second-order valence-electron chi connectivity index (χ2n) is 3.89. The van der Waals surface area contributed by atoms with Crippen molar-refractivity contribution in [3.8, 4) is 6.07 Å². The summed E-state index contributed by atoms with van der Waals surface area (Å²) in [5.41, 5.74) is 2.33. The normalized spacial score (nSPS) is 10.0. The first kappa shape index (κ1) is 14.2. The summed E-state index contributed by atoms with van der Waals surface area (Å²) in [4.78, 5) is 0. The lowest BCUT2D eigenvalue weighted by Gasteiger charge is -2.10. The zero-order valence-corrected chi connectivity index (χ0v) is 12.9. The Morgan fingerprint density at radius 1 is 1.11 bits per heavy atom. The fraction of sp³-hybridized carbons (Fsp3) is 0.0714. The van der Waals surface area contributed by atoms with E-state index in [9.17, 15) is 0 Å². The van der Waals surface area contributed by atoms with Gasteiger partial charge in [-0.05, 0) is 35.9 Å². The van der Waals surface area contributed by atoms with E-state index < -0.39 is 0 Å². The van der Waals surface area contributed by atoms with Crippen LogP contribution in [0, 0.1) is 11.3 Å². The maximum Gasteiger partial charge on any atom is 0.101 e. The Bertz CT molecular complexity index is 650. The molecular formula is C14H9BrCl2N2. The Labute approximate surface area is 130 Å². The van der Waals surface area contributed by atoms with Crippen LogP contribution in [0.3, 0.4) is 0 Å².